The highest BCUT2D eigenvalue weighted by Gasteiger charge is 2.13. The highest BCUT2D eigenvalue weighted by atomic mass is 32.1. The Labute approximate surface area is 122 Å². The summed E-state index contributed by atoms with van der Waals surface area (Å²) in [7, 11) is 0. The van der Waals surface area contributed by atoms with Crippen molar-refractivity contribution >= 4 is 22.7 Å². The summed E-state index contributed by atoms with van der Waals surface area (Å²) in [4.78, 5) is 2.79. The van der Waals surface area contributed by atoms with Crippen molar-refractivity contribution in [1.82, 2.24) is 5.32 Å². The summed E-state index contributed by atoms with van der Waals surface area (Å²) in [6.45, 7) is 3.99. The summed E-state index contributed by atoms with van der Waals surface area (Å²) in [6, 6.07) is 6.61. The molecular weight excluding hydrogens is 274 g/mol. The molecule has 0 saturated carbocycles. The second kappa shape index (κ2) is 6.66. The number of nitrogens with one attached hydrogen (secondary N) is 1. The molecule has 1 aliphatic rings. The summed E-state index contributed by atoms with van der Waals surface area (Å²) >= 11 is 3.66. The van der Waals surface area contributed by atoms with E-state index in [4.69, 9.17) is 4.74 Å². The van der Waals surface area contributed by atoms with E-state index < -0.39 is 0 Å². The molecule has 2 aromatic rings. The second-order valence-electron chi connectivity index (χ2n) is 4.97. The van der Waals surface area contributed by atoms with Gasteiger partial charge in [-0.1, -0.05) is 6.07 Å². The molecule has 0 unspecified atom stereocenters. The molecule has 2 aromatic heterocycles. The van der Waals surface area contributed by atoms with Gasteiger partial charge in [-0.25, -0.2) is 0 Å². The first-order chi connectivity index (χ1) is 9.42. The SMILES string of the molecule is c1csc(-c2csc(CNCC3CCOCC3)c2)c1. The molecule has 0 aliphatic carbocycles. The number of hydrogen-bond donors (Lipinski definition) is 1. The summed E-state index contributed by atoms with van der Waals surface area (Å²) in [5.74, 6) is 0.797. The zero-order chi connectivity index (χ0) is 12.9. The first-order valence-corrected chi connectivity index (χ1v) is 8.57. The predicted octanol–water partition coefficient (Wildman–Crippen LogP) is 3.99. The molecule has 0 bridgehead atoms. The van der Waals surface area contributed by atoms with Crippen LogP contribution in [0.1, 0.15) is 17.7 Å². The molecular formula is C15H19NOS2. The van der Waals surface area contributed by atoms with Crippen molar-refractivity contribution < 1.29 is 4.74 Å². The molecule has 0 amide bonds. The first kappa shape index (κ1) is 13.3. The molecule has 1 aliphatic heterocycles. The van der Waals surface area contributed by atoms with Crippen molar-refractivity contribution in [3.8, 4) is 10.4 Å². The molecule has 0 spiro atoms. The third-order valence-corrected chi connectivity index (χ3v) is 5.39. The maximum absolute atomic E-state index is 5.38. The van der Waals surface area contributed by atoms with Gasteiger partial charge in [0, 0.05) is 35.1 Å². The van der Waals surface area contributed by atoms with Crippen LogP contribution in [0, 0.1) is 5.92 Å². The summed E-state index contributed by atoms with van der Waals surface area (Å²) in [6.07, 6.45) is 2.41. The molecule has 3 heterocycles. The van der Waals surface area contributed by atoms with E-state index in [1.807, 2.05) is 22.7 Å². The molecule has 0 radical (unpaired) electrons. The second-order valence-corrected chi connectivity index (χ2v) is 6.91. The van der Waals surface area contributed by atoms with Gasteiger partial charge in [-0.05, 0) is 48.2 Å². The van der Waals surface area contributed by atoms with E-state index in [1.54, 1.807) is 0 Å². The summed E-state index contributed by atoms with van der Waals surface area (Å²) in [5, 5.41) is 7.98. The fourth-order valence-electron chi connectivity index (χ4n) is 2.40. The number of ether oxygens (including phenoxy) is 1. The van der Waals surface area contributed by atoms with E-state index in [0.717, 1.165) is 32.2 Å². The van der Waals surface area contributed by atoms with Crippen LogP contribution in [0.5, 0.6) is 0 Å². The molecule has 1 N–H and O–H groups in total. The molecule has 19 heavy (non-hydrogen) atoms. The van der Waals surface area contributed by atoms with Crippen molar-refractivity contribution in [3.63, 3.8) is 0 Å². The van der Waals surface area contributed by atoms with Gasteiger partial charge in [0.05, 0.1) is 0 Å². The van der Waals surface area contributed by atoms with Crippen molar-refractivity contribution in [2.75, 3.05) is 19.8 Å². The van der Waals surface area contributed by atoms with Gasteiger partial charge in [-0.3, -0.25) is 0 Å². The Hall–Kier alpha value is -0.680. The monoisotopic (exact) mass is 293 g/mol. The van der Waals surface area contributed by atoms with E-state index in [1.165, 1.54) is 28.2 Å². The van der Waals surface area contributed by atoms with Crippen LogP contribution in [-0.2, 0) is 11.3 Å². The van der Waals surface area contributed by atoms with Gasteiger partial charge >= 0.3 is 0 Å². The first-order valence-electron chi connectivity index (χ1n) is 6.81. The lowest BCUT2D eigenvalue weighted by Gasteiger charge is -2.22. The Morgan fingerprint density at radius 2 is 2.16 bits per heavy atom. The van der Waals surface area contributed by atoms with E-state index >= 15 is 0 Å². The molecule has 102 valence electrons. The quantitative estimate of drug-likeness (QED) is 0.900. The fourth-order valence-corrected chi connectivity index (χ4v) is 4.04. The van der Waals surface area contributed by atoms with Crippen molar-refractivity contribution in [2.24, 2.45) is 5.92 Å². The Bertz CT molecular complexity index is 486. The third-order valence-electron chi connectivity index (χ3n) is 3.53. The molecule has 0 aromatic carbocycles. The molecule has 0 atom stereocenters. The van der Waals surface area contributed by atoms with Crippen LogP contribution in [-0.4, -0.2) is 19.8 Å². The van der Waals surface area contributed by atoms with Crippen molar-refractivity contribution in [3.05, 3.63) is 33.8 Å². The van der Waals surface area contributed by atoms with Gasteiger partial charge in [0.25, 0.3) is 0 Å². The third kappa shape index (κ3) is 3.66. The fraction of sp³-hybridized carbons (Fsp3) is 0.467. The molecule has 3 rings (SSSR count). The lowest BCUT2D eigenvalue weighted by atomic mass is 10.0. The van der Waals surface area contributed by atoms with Crippen LogP contribution >= 0.6 is 22.7 Å². The Kier molecular flexibility index (Phi) is 4.66. The van der Waals surface area contributed by atoms with Gasteiger partial charge < -0.3 is 10.1 Å². The molecule has 2 nitrogen and oxygen atoms in total. The lowest BCUT2D eigenvalue weighted by Crippen LogP contribution is -2.27. The topological polar surface area (TPSA) is 21.3 Å². The minimum atomic E-state index is 0.797. The van der Waals surface area contributed by atoms with Crippen LogP contribution in [0.25, 0.3) is 10.4 Å². The highest BCUT2D eigenvalue weighted by Crippen LogP contribution is 2.29. The maximum Gasteiger partial charge on any atom is 0.0469 e. The Morgan fingerprint density at radius 1 is 1.26 bits per heavy atom. The average molecular weight is 293 g/mol. The summed E-state index contributed by atoms with van der Waals surface area (Å²) in [5.41, 5.74) is 1.36. The standard InChI is InChI=1S/C15H19NOS2/c1-2-15(18-7-1)13-8-14(19-11-13)10-16-9-12-3-5-17-6-4-12/h1-2,7-8,11-12,16H,3-6,9-10H2. The largest absolute Gasteiger partial charge is 0.381 e. The van der Waals surface area contributed by atoms with Gasteiger partial charge in [0.2, 0.25) is 0 Å². The van der Waals surface area contributed by atoms with E-state index in [-0.39, 0.29) is 0 Å². The van der Waals surface area contributed by atoms with Crippen LogP contribution in [0.3, 0.4) is 0 Å². The number of thiophene rings is 2. The summed E-state index contributed by atoms with van der Waals surface area (Å²) < 4.78 is 5.38. The zero-order valence-corrected chi connectivity index (χ0v) is 12.6. The lowest BCUT2D eigenvalue weighted by molar-refractivity contribution is 0.0662. The normalized spacial score (nSPS) is 16.8. The molecule has 1 saturated heterocycles. The van der Waals surface area contributed by atoms with Crippen LogP contribution in [0.4, 0.5) is 0 Å². The van der Waals surface area contributed by atoms with E-state index in [9.17, 15) is 0 Å². The predicted molar refractivity (Wildman–Crippen MR) is 82.9 cm³/mol. The number of hydrogen-bond acceptors (Lipinski definition) is 4. The van der Waals surface area contributed by atoms with Gasteiger partial charge in [0.1, 0.15) is 0 Å². The van der Waals surface area contributed by atoms with E-state index in [2.05, 4.69) is 34.3 Å². The van der Waals surface area contributed by atoms with Crippen molar-refractivity contribution in [2.45, 2.75) is 19.4 Å². The number of rotatable bonds is 5. The minimum Gasteiger partial charge on any atom is -0.381 e. The Balaban J connectivity index is 1.48. The van der Waals surface area contributed by atoms with E-state index in [0.29, 0.717) is 0 Å². The minimum absolute atomic E-state index is 0.797. The van der Waals surface area contributed by atoms with Crippen LogP contribution < -0.4 is 5.32 Å². The molecule has 1 fully saturated rings. The van der Waals surface area contributed by atoms with Gasteiger partial charge in [-0.2, -0.15) is 0 Å². The average Bonchev–Trinajstić information content (AvgIpc) is 3.10. The Morgan fingerprint density at radius 3 is 2.95 bits per heavy atom. The zero-order valence-electron chi connectivity index (χ0n) is 10.9. The smallest absolute Gasteiger partial charge is 0.0469 e. The highest BCUT2D eigenvalue weighted by molar-refractivity contribution is 7.14. The van der Waals surface area contributed by atoms with Gasteiger partial charge in [0.15, 0.2) is 0 Å². The van der Waals surface area contributed by atoms with Crippen LogP contribution in [0.15, 0.2) is 29.0 Å². The van der Waals surface area contributed by atoms with Gasteiger partial charge in [-0.15, -0.1) is 22.7 Å². The van der Waals surface area contributed by atoms with Crippen molar-refractivity contribution in [1.29, 1.82) is 0 Å². The molecule has 4 heteroatoms. The van der Waals surface area contributed by atoms with Crippen LogP contribution in [0.2, 0.25) is 0 Å². The maximum atomic E-state index is 5.38.